The molecule has 0 aliphatic heterocycles. The summed E-state index contributed by atoms with van der Waals surface area (Å²) in [6.07, 6.45) is 3.48. The molecule has 3 rings (SSSR count). The molecule has 0 aromatic heterocycles. The molecule has 2 aromatic carbocycles. The van der Waals surface area contributed by atoms with Gasteiger partial charge in [-0.25, -0.2) is 0 Å². The van der Waals surface area contributed by atoms with Crippen molar-refractivity contribution in [2.45, 2.75) is 43.8 Å². The fourth-order valence-electron chi connectivity index (χ4n) is 4.06. The summed E-state index contributed by atoms with van der Waals surface area (Å²) in [7, 11) is -4.00. The third-order valence-electron chi connectivity index (χ3n) is 5.31. The van der Waals surface area contributed by atoms with Gasteiger partial charge in [0.25, 0.3) is 0 Å². The molecule has 1 aliphatic rings. The Bertz CT molecular complexity index is 787. The summed E-state index contributed by atoms with van der Waals surface area (Å²) in [5, 5.41) is 0. The summed E-state index contributed by atoms with van der Waals surface area (Å²) >= 11 is -1.10. The molecule has 146 valence electrons. The van der Waals surface area contributed by atoms with Crippen LogP contribution in [-0.4, -0.2) is 26.3 Å². The van der Waals surface area contributed by atoms with E-state index < -0.39 is 23.5 Å². The van der Waals surface area contributed by atoms with Crippen LogP contribution in [-0.2, 0) is 20.5 Å². The summed E-state index contributed by atoms with van der Waals surface area (Å²) in [5.74, 6) is 0.637. The van der Waals surface area contributed by atoms with Crippen LogP contribution in [0.5, 0.6) is 0 Å². The first-order valence-corrected chi connectivity index (χ1v) is 12.6. The van der Waals surface area contributed by atoms with Crippen LogP contribution < -0.4 is 0 Å². The van der Waals surface area contributed by atoms with E-state index in [-0.39, 0.29) is 6.16 Å². The lowest BCUT2D eigenvalue weighted by atomic mass is 9.90. The van der Waals surface area contributed by atoms with Crippen molar-refractivity contribution in [3.05, 3.63) is 59.7 Å². The Labute approximate surface area is 164 Å². The van der Waals surface area contributed by atoms with E-state index in [0.29, 0.717) is 25.0 Å². The second-order valence-corrected chi connectivity index (χ2v) is 10.7. The normalized spacial score (nSPS) is 16.0. The molecule has 0 saturated carbocycles. The van der Waals surface area contributed by atoms with Crippen LogP contribution in [0.1, 0.15) is 50.2 Å². The zero-order valence-electron chi connectivity index (χ0n) is 15.6. The Kier molecular flexibility index (Phi) is 6.50. The smallest absolute Gasteiger partial charge is 0.325 e. The monoisotopic (exact) mass is 406 g/mol. The third-order valence-corrected chi connectivity index (χ3v) is 8.29. The number of rotatable bonds is 9. The highest BCUT2D eigenvalue weighted by Gasteiger charge is 2.51. The number of fused-ring (bicyclic) bond motifs is 3. The predicted molar refractivity (Wildman–Crippen MR) is 111 cm³/mol. The molecule has 0 fully saturated rings. The van der Waals surface area contributed by atoms with Crippen LogP contribution >= 0.6 is 7.60 Å². The maximum atomic E-state index is 13.6. The van der Waals surface area contributed by atoms with Crippen LogP contribution in [0.4, 0.5) is 0 Å². The second-order valence-electron chi connectivity index (χ2n) is 7.17. The van der Waals surface area contributed by atoms with E-state index in [1.54, 1.807) is 0 Å². The topological polar surface area (TPSA) is 80.6 Å². The molecule has 4 nitrogen and oxygen atoms in total. The second kappa shape index (κ2) is 8.50. The molecule has 0 amide bonds. The molecule has 1 unspecified atom stereocenters. The van der Waals surface area contributed by atoms with Gasteiger partial charge in [0.2, 0.25) is 0 Å². The maximum Gasteiger partial charge on any atom is 0.325 e. The molecule has 1 atom stereocenters. The lowest BCUT2D eigenvalue weighted by Crippen LogP contribution is -2.37. The van der Waals surface area contributed by atoms with Crippen molar-refractivity contribution in [1.82, 2.24) is 0 Å². The minimum atomic E-state index is -4.00. The number of hydrogen-bond acceptors (Lipinski definition) is 2. The van der Waals surface area contributed by atoms with Crippen molar-refractivity contribution >= 4 is 18.8 Å². The Morgan fingerprint density at radius 3 is 2.04 bits per heavy atom. The Balaban J connectivity index is 2.00. The first-order valence-electron chi connectivity index (χ1n) is 9.52. The zero-order chi connectivity index (χ0) is 19.5. The van der Waals surface area contributed by atoms with Crippen molar-refractivity contribution in [2.24, 2.45) is 0 Å². The molecule has 6 heteroatoms. The Morgan fingerprint density at radius 2 is 1.52 bits per heavy atom. The van der Waals surface area contributed by atoms with Crippen LogP contribution in [0.15, 0.2) is 48.5 Å². The van der Waals surface area contributed by atoms with Gasteiger partial charge in [-0.3, -0.25) is 4.57 Å². The van der Waals surface area contributed by atoms with Gasteiger partial charge in [0.1, 0.15) is 5.75 Å². The van der Waals surface area contributed by atoms with Crippen LogP contribution in [0.25, 0.3) is 11.1 Å². The van der Waals surface area contributed by atoms with Gasteiger partial charge in [-0.05, 0) is 41.6 Å². The molecular weight excluding hydrogens is 379 g/mol. The third kappa shape index (κ3) is 4.18. The molecule has 0 radical (unpaired) electrons. The molecule has 0 saturated heterocycles. The summed E-state index contributed by atoms with van der Waals surface area (Å²) in [5.41, 5.74) is 4.45. The minimum absolute atomic E-state index is 0.117. The van der Waals surface area contributed by atoms with E-state index in [9.17, 15) is 9.12 Å². The largest absolute Gasteiger partial charge is 0.615 e. The zero-order valence-corrected chi connectivity index (χ0v) is 17.3. The van der Waals surface area contributed by atoms with Crippen LogP contribution in [0.3, 0.4) is 0 Å². The molecule has 0 spiro atoms. The molecule has 0 bridgehead atoms. The van der Waals surface area contributed by atoms with Crippen molar-refractivity contribution < 1.29 is 18.9 Å². The van der Waals surface area contributed by atoms with Gasteiger partial charge in [0.15, 0.2) is 4.75 Å². The van der Waals surface area contributed by atoms with Crippen LogP contribution in [0.2, 0.25) is 0 Å². The number of unbranched alkanes of at least 4 members (excludes halogenated alkanes) is 2. The van der Waals surface area contributed by atoms with E-state index in [4.69, 9.17) is 9.79 Å². The fraction of sp³-hybridized carbons (Fsp3) is 0.429. The fourth-order valence-corrected chi connectivity index (χ4v) is 6.81. The van der Waals surface area contributed by atoms with Crippen LogP contribution in [0, 0.1) is 0 Å². The van der Waals surface area contributed by atoms with Gasteiger partial charge >= 0.3 is 7.60 Å². The minimum Gasteiger partial charge on any atom is -0.615 e. The molecule has 0 heterocycles. The van der Waals surface area contributed by atoms with Crippen molar-refractivity contribution in [1.29, 1.82) is 0 Å². The van der Waals surface area contributed by atoms with Gasteiger partial charge < -0.3 is 14.3 Å². The average molecular weight is 406 g/mol. The number of benzene rings is 2. The van der Waals surface area contributed by atoms with E-state index in [1.807, 2.05) is 24.3 Å². The maximum absolute atomic E-state index is 13.6. The molecule has 2 aromatic rings. The lowest BCUT2D eigenvalue weighted by Gasteiger charge is -2.34. The van der Waals surface area contributed by atoms with Gasteiger partial charge in [-0.1, -0.05) is 61.9 Å². The molecule has 27 heavy (non-hydrogen) atoms. The summed E-state index contributed by atoms with van der Waals surface area (Å²) < 4.78 is 24.2. The summed E-state index contributed by atoms with van der Waals surface area (Å²) in [6, 6.07) is 16.3. The standard InChI is InChI=1S/C21H27O4PS/c1-2-3-16-27(25)21(14-8-9-15-26(22,23)24)19-12-6-4-10-17(19)18-11-5-7-13-20(18)21/h4-7,10-13H,2-3,8-9,14-16H2,1H3,(H2,22,23,24). The van der Waals surface area contributed by atoms with E-state index in [0.717, 1.165) is 35.1 Å². The molecule has 2 N–H and O–H groups in total. The molecular formula is C21H27O4PS. The first-order chi connectivity index (χ1) is 12.9. The summed E-state index contributed by atoms with van der Waals surface area (Å²) in [6.45, 7) is 2.10. The highest BCUT2D eigenvalue weighted by Crippen LogP contribution is 2.55. The van der Waals surface area contributed by atoms with Crippen molar-refractivity contribution in [3.63, 3.8) is 0 Å². The van der Waals surface area contributed by atoms with Gasteiger partial charge in [0, 0.05) is 23.7 Å². The lowest BCUT2D eigenvalue weighted by molar-refractivity contribution is 0.370. The average Bonchev–Trinajstić information content (AvgIpc) is 2.94. The van der Waals surface area contributed by atoms with Gasteiger partial charge in [0.05, 0.1) is 0 Å². The van der Waals surface area contributed by atoms with Gasteiger partial charge in [-0.15, -0.1) is 0 Å². The van der Waals surface area contributed by atoms with Crippen molar-refractivity contribution in [2.75, 3.05) is 11.9 Å². The SMILES string of the molecule is CCCC[S+]([O-])C1(CCCCP(=O)(O)O)c2ccccc2-c2ccccc21. The predicted octanol–water partition coefficient (Wildman–Crippen LogP) is 4.81. The highest BCUT2D eigenvalue weighted by molar-refractivity contribution is 7.92. The van der Waals surface area contributed by atoms with E-state index >= 15 is 0 Å². The first kappa shape index (κ1) is 20.6. The Hall–Kier alpha value is -1.10. The summed E-state index contributed by atoms with van der Waals surface area (Å²) in [4.78, 5) is 18.3. The quantitative estimate of drug-likeness (QED) is 0.356. The number of hydrogen-bond donors (Lipinski definition) is 2. The van der Waals surface area contributed by atoms with Gasteiger partial charge in [-0.2, -0.15) is 0 Å². The van der Waals surface area contributed by atoms with E-state index in [1.165, 1.54) is 0 Å². The molecule has 1 aliphatic carbocycles. The Morgan fingerprint density at radius 1 is 0.963 bits per heavy atom. The highest BCUT2D eigenvalue weighted by atomic mass is 32.2. The van der Waals surface area contributed by atoms with Crippen molar-refractivity contribution in [3.8, 4) is 11.1 Å². The van der Waals surface area contributed by atoms with E-state index in [2.05, 4.69) is 31.2 Å².